The minimum atomic E-state index is -0.619. The van der Waals surface area contributed by atoms with Crippen LogP contribution >= 0.6 is 11.6 Å². The van der Waals surface area contributed by atoms with E-state index in [4.69, 9.17) is 16.0 Å². The van der Waals surface area contributed by atoms with Crippen LogP contribution in [0.4, 0.5) is 0 Å². The van der Waals surface area contributed by atoms with E-state index in [1.807, 2.05) is 13.8 Å². The highest BCUT2D eigenvalue weighted by atomic mass is 35.5. The van der Waals surface area contributed by atoms with E-state index in [0.717, 1.165) is 0 Å². The molecule has 0 fully saturated rings. The first-order valence-corrected chi connectivity index (χ1v) is 8.20. The highest BCUT2D eigenvalue weighted by Crippen LogP contribution is 2.12. The monoisotopic (exact) mass is 348 g/mol. The Kier molecular flexibility index (Phi) is 6.44. The zero-order valence-corrected chi connectivity index (χ0v) is 14.5. The van der Waals surface area contributed by atoms with Gasteiger partial charge in [0.15, 0.2) is 0 Å². The van der Waals surface area contributed by atoms with Crippen molar-refractivity contribution in [3.05, 3.63) is 59.0 Å². The van der Waals surface area contributed by atoms with Crippen LogP contribution in [0.3, 0.4) is 0 Å². The second-order valence-electron chi connectivity index (χ2n) is 5.96. The van der Waals surface area contributed by atoms with Crippen LogP contribution in [0.5, 0.6) is 0 Å². The van der Waals surface area contributed by atoms with Crippen molar-refractivity contribution in [2.24, 2.45) is 5.92 Å². The van der Waals surface area contributed by atoms with Crippen molar-refractivity contribution in [1.29, 1.82) is 0 Å². The van der Waals surface area contributed by atoms with Gasteiger partial charge in [0.05, 0.1) is 12.8 Å². The van der Waals surface area contributed by atoms with Crippen molar-refractivity contribution >= 4 is 23.4 Å². The highest BCUT2D eigenvalue weighted by Gasteiger charge is 2.22. The summed E-state index contributed by atoms with van der Waals surface area (Å²) in [6.07, 6.45) is 2.09. The number of hydrogen-bond acceptors (Lipinski definition) is 3. The van der Waals surface area contributed by atoms with Crippen LogP contribution < -0.4 is 10.6 Å². The Morgan fingerprint density at radius 3 is 2.62 bits per heavy atom. The quantitative estimate of drug-likeness (QED) is 0.805. The van der Waals surface area contributed by atoms with Crippen molar-refractivity contribution in [2.75, 3.05) is 0 Å². The summed E-state index contributed by atoms with van der Waals surface area (Å²) < 4.78 is 5.19. The van der Waals surface area contributed by atoms with Gasteiger partial charge in [-0.25, -0.2) is 0 Å². The topological polar surface area (TPSA) is 71.3 Å². The fraction of sp³-hybridized carbons (Fsp3) is 0.333. The molecule has 0 saturated heterocycles. The van der Waals surface area contributed by atoms with Crippen LogP contribution in [0.2, 0.25) is 5.02 Å². The van der Waals surface area contributed by atoms with Gasteiger partial charge in [-0.05, 0) is 42.7 Å². The Morgan fingerprint density at radius 1 is 1.21 bits per heavy atom. The maximum atomic E-state index is 12.4. The predicted molar refractivity (Wildman–Crippen MR) is 92.7 cm³/mol. The molecular formula is C18H21ClN2O3. The van der Waals surface area contributed by atoms with Crippen LogP contribution in [0.15, 0.2) is 47.1 Å². The molecule has 1 aromatic heterocycles. The molecule has 128 valence electrons. The summed E-state index contributed by atoms with van der Waals surface area (Å²) in [5, 5.41) is 6.04. The molecule has 2 aromatic rings. The summed E-state index contributed by atoms with van der Waals surface area (Å²) in [6, 6.07) is 9.55. The van der Waals surface area contributed by atoms with Gasteiger partial charge in [-0.2, -0.15) is 0 Å². The minimum Gasteiger partial charge on any atom is -0.467 e. The lowest BCUT2D eigenvalue weighted by molar-refractivity contribution is -0.123. The third-order valence-electron chi connectivity index (χ3n) is 3.43. The van der Waals surface area contributed by atoms with Crippen LogP contribution in [-0.2, 0) is 11.3 Å². The van der Waals surface area contributed by atoms with Gasteiger partial charge in [0.25, 0.3) is 5.91 Å². The fourth-order valence-corrected chi connectivity index (χ4v) is 2.48. The normalized spacial score (nSPS) is 12.0. The first-order valence-electron chi connectivity index (χ1n) is 7.82. The van der Waals surface area contributed by atoms with E-state index in [1.165, 1.54) is 0 Å². The molecule has 6 heteroatoms. The average Bonchev–Trinajstić information content (AvgIpc) is 3.05. The lowest BCUT2D eigenvalue weighted by atomic mass is 10.0. The number of halogens is 1. The van der Waals surface area contributed by atoms with Gasteiger partial charge < -0.3 is 15.1 Å². The number of carbonyl (C=O) groups excluding carboxylic acids is 2. The van der Waals surface area contributed by atoms with Crippen LogP contribution in [0, 0.1) is 5.92 Å². The van der Waals surface area contributed by atoms with Crippen molar-refractivity contribution in [3.8, 4) is 0 Å². The molecule has 1 atom stereocenters. The summed E-state index contributed by atoms with van der Waals surface area (Å²) in [5.41, 5.74) is 0.426. The molecule has 2 N–H and O–H groups in total. The lowest BCUT2D eigenvalue weighted by Gasteiger charge is -2.20. The van der Waals surface area contributed by atoms with E-state index in [2.05, 4.69) is 10.6 Å². The smallest absolute Gasteiger partial charge is 0.251 e. The molecule has 1 aromatic carbocycles. The first-order chi connectivity index (χ1) is 11.5. The van der Waals surface area contributed by atoms with Crippen molar-refractivity contribution in [2.45, 2.75) is 32.9 Å². The highest BCUT2D eigenvalue weighted by molar-refractivity contribution is 6.31. The molecule has 5 nitrogen and oxygen atoms in total. The number of benzene rings is 1. The standard InChI is InChI=1S/C18H21ClN2O3/c1-12(2)9-16(18(23)20-11-15-7-4-8-24-15)21-17(22)13-5-3-6-14(19)10-13/h3-8,10,12,16H,9,11H2,1-2H3,(H,20,23)(H,21,22)/t16-/m1/s1. The zero-order valence-electron chi connectivity index (χ0n) is 13.7. The predicted octanol–water partition coefficient (Wildman–Crippen LogP) is 3.39. The first kappa shape index (κ1) is 18.1. The molecule has 0 bridgehead atoms. The fourth-order valence-electron chi connectivity index (χ4n) is 2.28. The maximum Gasteiger partial charge on any atom is 0.251 e. The van der Waals surface area contributed by atoms with E-state index < -0.39 is 6.04 Å². The van der Waals surface area contributed by atoms with Gasteiger partial charge in [0.1, 0.15) is 11.8 Å². The Labute approximate surface area is 146 Å². The Hall–Kier alpha value is -2.27. The van der Waals surface area contributed by atoms with E-state index in [9.17, 15) is 9.59 Å². The van der Waals surface area contributed by atoms with Crippen molar-refractivity contribution in [1.82, 2.24) is 10.6 Å². The minimum absolute atomic E-state index is 0.240. The second kappa shape index (κ2) is 8.55. The lowest BCUT2D eigenvalue weighted by Crippen LogP contribution is -2.47. The molecule has 0 saturated carbocycles. The largest absolute Gasteiger partial charge is 0.467 e. The molecule has 24 heavy (non-hydrogen) atoms. The zero-order chi connectivity index (χ0) is 17.5. The average molecular weight is 349 g/mol. The molecule has 0 aliphatic heterocycles. The number of amides is 2. The van der Waals surface area contributed by atoms with Crippen molar-refractivity contribution in [3.63, 3.8) is 0 Å². The Bertz CT molecular complexity index is 683. The molecule has 2 rings (SSSR count). The molecule has 2 amide bonds. The Balaban J connectivity index is 2.01. The molecule has 0 aliphatic carbocycles. The van der Waals surface area contributed by atoms with Crippen LogP contribution in [0.1, 0.15) is 36.4 Å². The van der Waals surface area contributed by atoms with E-state index in [1.54, 1.807) is 42.7 Å². The molecule has 0 spiro atoms. The SMILES string of the molecule is CC(C)C[C@@H](NC(=O)c1cccc(Cl)c1)C(=O)NCc1ccco1. The second-order valence-corrected chi connectivity index (χ2v) is 6.40. The van der Waals surface area contributed by atoms with Crippen molar-refractivity contribution < 1.29 is 14.0 Å². The third-order valence-corrected chi connectivity index (χ3v) is 3.67. The number of hydrogen-bond donors (Lipinski definition) is 2. The van der Waals surface area contributed by atoms with Gasteiger partial charge in [0, 0.05) is 10.6 Å². The van der Waals surface area contributed by atoms with Gasteiger partial charge in [-0.3, -0.25) is 9.59 Å². The van der Waals surface area contributed by atoms with Gasteiger partial charge >= 0.3 is 0 Å². The Morgan fingerprint density at radius 2 is 2.00 bits per heavy atom. The summed E-state index contributed by atoms with van der Waals surface area (Å²) in [6.45, 7) is 4.28. The summed E-state index contributed by atoms with van der Waals surface area (Å²) in [7, 11) is 0. The van der Waals surface area contributed by atoms with E-state index >= 15 is 0 Å². The van der Waals surface area contributed by atoms with Crippen LogP contribution in [-0.4, -0.2) is 17.9 Å². The molecular weight excluding hydrogens is 328 g/mol. The number of carbonyl (C=O) groups is 2. The molecule has 0 aliphatic rings. The van der Waals surface area contributed by atoms with E-state index in [-0.39, 0.29) is 24.3 Å². The third kappa shape index (κ3) is 5.42. The van der Waals surface area contributed by atoms with Gasteiger partial charge in [-0.1, -0.05) is 31.5 Å². The van der Waals surface area contributed by atoms with Gasteiger partial charge in [0.2, 0.25) is 5.91 Å². The number of rotatable bonds is 7. The molecule has 1 heterocycles. The van der Waals surface area contributed by atoms with E-state index in [0.29, 0.717) is 22.8 Å². The summed E-state index contributed by atoms with van der Waals surface area (Å²) >= 11 is 5.91. The summed E-state index contributed by atoms with van der Waals surface area (Å²) in [5.74, 6) is 0.351. The number of furan rings is 1. The van der Waals surface area contributed by atoms with Crippen LogP contribution in [0.25, 0.3) is 0 Å². The maximum absolute atomic E-state index is 12.4. The molecule has 0 unspecified atom stereocenters. The van der Waals surface area contributed by atoms with Gasteiger partial charge in [-0.15, -0.1) is 0 Å². The molecule has 0 radical (unpaired) electrons. The number of nitrogens with one attached hydrogen (secondary N) is 2. The summed E-state index contributed by atoms with van der Waals surface area (Å²) in [4.78, 5) is 24.8.